The molecule has 0 atom stereocenters. The second-order valence-electron chi connectivity index (χ2n) is 9.38. The van der Waals surface area contributed by atoms with Gasteiger partial charge in [-0.2, -0.15) is 4.57 Å². The molecule has 2 heteroatoms. The molecule has 0 radical (unpaired) electrons. The molecule has 3 aromatic rings. The van der Waals surface area contributed by atoms with Crippen LogP contribution in [0.3, 0.4) is 0 Å². The topological polar surface area (TPSA) is 7.12 Å². The summed E-state index contributed by atoms with van der Waals surface area (Å²) >= 11 is 0. The number of anilines is 1. The lowest BCUT2D eigenvalue weighted by atomic mass is 9.84. The van der Waals surface area contributed by atoms with Crippen molar-refractivity contribution in [3.8, 4) is 0 Å². The molecule has 0 spiro atoms. The van der Waals surface area contributed by atoms with Gasteiger partial charge in [0.15, 0.2) is 0 Å². The number of benzene rings is 2. The van der Waals surface area contributed by atoms with Crippen LogP contribution < -0.4 is 9.47 Å². The summed E-state index contributed by atoms with van der Waals surface area (Å²) in [5, 5.41) is 1.30. The van der Waals surface area contributed by atoms with E-state index >= 15 is 0 Å². The Bertz CT molecular complexity index is 1140. The highest BCUT2D eigenvalue weighted by Gasteiger charge is 2.39. The average molecular weight is 426 g/mol. The summed E-state index contributed by atoms with van der Waals surface area (Å²) in [5.74, 6) is 0. The van der Waals surface area contributed by atoms with E-state index in [1.165, 1.54) is 59.2 Å². The highest BCUT2D eigenvalue weighted by molar-refractivity contribution is 5.76. The molecule has 2 heterocycles. The highest BCUT2D eigenvalue weighted by Crippen LogP contribution is 2.47. The highest BCUT2D eigenvalue weighted by atomic mass is 15.2. The van der Waals surface area contributed by atoms with Gasteiger partial charge in [-0.25, -0.2) is 0 Å². The first-order valence-corrected chi connectivity index (χ1v) is 12.3. The van der Waals surface area contributed by atoms with E-state index in [2.05, 4.69) is 116 Å². The third-order valence-corrected chi connectivity index (χ3v) is 6.76. The van der Waals surface area contributed by atoms with Crippen molar-refractivity contribution in [2.75, 3.05) is 11.4 Å². The van der Waals surface area contributed by atoms with Gasteiger partial charge in [-0.05, 0) is 36.3 Å². The number of allylic oxidation sites excluding steroid dienone is 3. The predicted octanol–water partition coefficient (Wildman–Crippen LogP) is 7.42. The Labute approximate surface area is 193 Å². The number of para-hydroxylation sites is 2. The molecular formula is C30H37N2+. The molecule has 1 aliphatic rings. The van der Waals surface area contributed by atoms with Crippen molar-refractivity contribution >= 4 is 22.7 Å². The summed E-state index contributed by atoms with van der Waals surface area (Å²) in [4.78, 5) is 2.54. The lowest BCUT2D eigenvalue weighted by Crippen LogP contribution is -2.37. The molecule has 0 saturated heterocycles. The fourth-order valence-corrected chi connectivity index (χ4v) is 4.93. The molecular weight excluding hydrogens is 388 g/mol. The summed E-state index contributed by atoms with van der Waals surface area (Å²) < 4.78 is 2.47. The van der Waals surface area contributed by atoms with Crippen LogP contribution in [0.4, 0.5) is 5.69 Å². The zero-order valence-electron chi connectivity index (χ0n) is 20.1. The zero-order valence-corrected chi connectivity index (χ0v) is 20.1. The van der Waals surface area contributed by atoms with Crippen LogP contribution in [0.15, 0.2) is 78.5 Å². The van der Waals surface area contributed by atoms with Crippen LogP contribution in [0.1, 0.15) is 64.6 Å². The van der Waals surface area contributed by atoms with Crippen LogP contribution in [0, 0.1) is 0 Å². The van der Waals surface area contributed by atoms with E-state index in [0.29, 0.717) is 0 Å². The Balaban J connectivity index is 1.71. The maximum absolute atomic E-state index is 2.54. The number of pyridine rings is 1. The van der Waals surface area contributed by atoms with Crippen LogP contribution >= 0.6 is 0 Å². The zero-order chi connectivity index (χ0) is 22.6. The molecule has 0 unspecified atom stereocenters. The molecule has 0 amide bonds. The normalized spacial score (nSPS) is 16.4. The molecule has 2 aromatic carbocycles. The molecule has 1 aromatic heterocycles. The first kappa shape index (κ1) is 22.3. The summed E-state index contributed by atoms with van der Waals surface area (Å²) in [6, 6.07) is 22.1. The van der Waals surface area contributed by atoms with Gasteiger partial charge in [0.1, 0.15) is 6.54 Å². The number of rotatable bonds is 8. The number of nitrogens with zero attached hydrogens (tertiary/aromatic N) is 2. The lowest BCUT2D eigenvalue weighted by molar-refractivity contribution is -0.673. The smallest absolute Gasteiger partial charge is 0.212 e. The van der Waals surface area contributed by atoms with E-state index in [0.717, 1.165) is 13.1 Å². The van der Waals surface area contributed by atoms with Crippen LogP contribution in [-0.4, -0.2) is 6.54 Å². The van der Waals surface area contributed by atoms with E-state index < -0.39 is 0 Å². The number of hydrogen-bond acceptors (Lipinski definition) is 1. The van der Waals surface area contributed by atoms with Gasteiger partial charge in [-0.15, -0.1) is 0 Å². The molecule has 0 bridgehead atoms. The maximum Gasteiger partial charge on any atom is 0.212 e. The first-order valence-electron chi connectivity index (χ1n) is 12.3. The van der Waals surface area contributed by atoms with Crippen molar-refractivity contribution in [2.45, 2.75) is 65.3 Å². The van der Waals surface area contributed by atoms with E-state index in [1.54, 1.807) is 0 Å². The van der Waals surface area contributed by atoms with Crippen LogP contribution in [0.2, 0.25) is 0 Å². The largest absolute Gasteiger partial charge is 0.344 e. The van der Waals surface area contributed by atoms with Crippen molar-refractivity contribution in [1.29, 1.82) is 0 Å². The molecule has 1 aliphatic heterocycles. The summed E-state index contributed by atoms with van der Waals surface area (Å²) in [5.41, 5.74) is 6.78. The Hall–Kier alpha value is -2.87. The lowest BCUT2D eigenvalue weighted by Gasteiger charge is -2.27. The summed E-state index contributed by atoms with van der Waals surface area (Å²) in [7, 11) is 0. The van der Waals surface area contributed by atoms with Crippen LogP contribution in [0.25, 0.3) is 17.0 Å². The summed E-state index contributed by atoms with van der Waals surface area (Å²) in [6.07, 6.45) is 11.7. The molecule has 0 saturated carbocycles. The minimum atomic E-state index is 0.0102. The van der Waals surface area contributed by atoms with Crippen molar-refractivity contribution in [3.63, 3.8) is 0 Å². The standard InChI is InChI=1S/C30H37N2/c1-5-7-22-31-25(21-20-24-14-9-11-17-27(24)31)15-13-19-29-30(3,4)26-16-10-12-18-28(26)32(29)23-8-6-2/h9-21H,5-8,22-23H2,1-4H3/q+1. The minimum absolute atomic E-state index is 0.0102. The fraction of sp³-hybridized carbons (Fsp3) is 0.367. The predicted molar refractivity (Wildman–Crippen MR) is 138 cm³/mol. The molecule has 32 heavy (non-hydrogen) atoms. The third-order valence-electron chi connectivity index (χ3n) is 6.76. The Morgan fingerprint density at radius 3 is 2.44 bits per heavy atom. The van der Waals surface area contributed by atoms with Crippen LogP contribution in [0.5, 0.6) is 0 Å². The monoisotopic (exact) mass is 425 g/mol. The van der Waals surface area contributed by atoms with E-state index in [4.69, 9.17) is 0 Å². The number of hydrogen-bond donors (Lipinski definition) is 0. The maximum atomic E-state index is 2.54. The van der Waals surface area contributed by atoms with E-state index in [1.807, 2.05) is 0 Å². The minimum Gasteiger partial charge on any atom is -0.344 e. The van der Waals surface area contributed by atoms with E-state index in [9.17, 15) is 0 Å². The molecule has 2 nitrogen and oxygen atoms in total. The van der Waals surface area contributed by atoms with Gasteiger partial charge in [-0.1, -0.05) is 76.9 Å². The molecule has 0 N–H and O–H groups in total. The van der Waals surface area contributed by atoms with Gasteiger partial charge >= 0.3 is 0 Å². The Kier molecular flexibility index (Phi) is 6.79. The van der Waals surface area contributed by atoms with Crippen molar-refractivity contribution in [1.82, 2.24) is 0 Å². The third kappa shape index (κ3) is 4.24. The van der Waals surface area contributed by atoms with E-state index in [-0.39, 0.29) is 5.41 Å². The molecule has 0 aliphatic carbocycles. The van der Waals surface area contributed by atoms with Crippen molar-refractivity contribution < 1.29 is 4.57 Å². The first-order chi connectivity index (χ1) is 15.6. The van der Waals surface area contributed by atoms with Gasteiger partial charge in [0.25, 0.3) is 0 Å². The summed E-state index contributed by atoms with van der Waals surface area (Å²) in [6.45, 7) is 11.4. The average Bonchev–Trinajstić information content (AvgIpc) is 3.03. The van der Waals surface area contributed by atoms with Crippen molar-refractivity contribution in [2.24, 2.45) is 0 Å². The quantitative estimate of drug-likeness (QED) is 0.341. The Morgan fingerprint density at radius 2 is 1.62 bits per heavy atom. The number of aromatic nitrogens is 1. The number of aryl methyl sites for hydroxylation is 1. The molecule has 4 rings (SSSR count). The van der Waals surface area contributed by atoms with Gasteiger partial charge in [0.2, 0.25) is 11.2 Å². The fourth-order valence-electron chi connectivity index (χ4n) is 4.93. The van der Waals surface area contributed by atoms with Crippen molar-refractivity contribution in [3.05, 3.63) is 89.8 Å². The SMILES string of the molecule is CCCCN1C(=CC=Cc2ccc3ccccc3[n+]2CCCC)C(C)(C)c2ccccc21. The number of unbranched alkanes of at least 4 members (excludes halogenated alkanes) is 2. The number of fused-ring (bicyclic) bond motifs is 2. The van der Waals surface area contributed by atoms with Gasteiger partial charge in [0.05, 0.1) is 0 Å². The Morgan fingerprint density at radius 1 is 0.875 bits per heavy atom. The van der Waals surface area contributed by atoms with Gasteiger partial charge in [-0.3, -0.25) is 0 Å². The second-order valence-corrected chi connectivity index (χ2v) is 9.38. The van der Waals surface area contributed by atoms with Gasteiger partial charge < -0.3 is 4.90 Å². The van der Waals surface area contributed by atoms with Gasteiger partial charge in [0, 0.05) is 53.4 Å². The molecule has 166 valence electrons. The second kappa shape index (κ2) is 9.73. The van der Waals surface area contributed by atoms with Crippen LogP contribution in [-0.2, 0) is 12.0 Å². The molecule has 0 fully saturated rings.